The van der Waals surface area contributed by atoms with Crippen molar-refractivity contribution in [3.8, 4) is 11.3 Å². The van der Waals surface area contributed by atoms with E-state index in [0.717, 1.165) is 37.4 Å². The molecule has 3 heterocycles. The number of halogens is 1. The molecule has 0 unspecified atom stereocenters. The SMILES string of the molecule is N=C1C(c2nc(-c3ccc(Cl)cc3)cs2)=C(O)CN1CCN1CCCCC1. The van der Waals surface area contributed by atoms with E-state index in [2.05, 4.69) is 9.88 Å². The number of aliphatic hydroxyl groups is 1. The molecule has 2 N–H and O–H groups in total. The molecule has 2 aliphatic heterocycles. The number of amidine groups is 1. The number of aromatic nitrogens is 1. The number of piperidine rings is 1. The molecule has 7 heteroatoms. The highest BCUT2D eigenvalue weighted by Gasteiger charge is 2.30. The summed E-state index contributed by atoms with van der Waals surface area (Å²) in [6.45, 7) is 4.39. The second kappa shape index (κ2) is 8.00. The number of rotatable bonds is 5. The first-order chi connectivity index (χ1) is 13.1. The lowest BCUT2D eigenvalue weighted by atomic mass is 10.1. The van der Waals surface area contributed by atoms with Gasteiger partial charge in [-0.05, 0) is 38.1 Å². The quantitative estimate of drug-likeness (QED) is 0.772. The van der Waals surface area contributed by atoms with Gasteiger partial charge in [-0.15, -0.1) is 11.3 Å². The van der Waals surface area contributed by atoms with Gasteiger partial charge in [-0.1, -0.05) is 30.2 Å². The summed E-state index contributed by atoms with van der Waals surface area (Å²) in [6.07, 6.45) is 3.85. The first-order valence-corrected chi connectivity index (χ1v) is 10.6. The Morgan fingerprint density at radius 2 is 1.85 bits per heavy atom. The van der Waals surface area contributed by atoms with Gasteiger partial charge >= 0.3 is 0 Å². The Bertz CT molecular complexity index is 855. The van der Waals surface area contributed by atoms with Crippen LogP contribution in [0.2, 0.25) is 5.02 Å². The van der Waals surface area contributed by atoms with Gasteiger partial charge in [-0.2, -0.15) is 0 Å². The van der Waals surface area contributed by atoms with Gasteiger partial charge in [-0.3, -0.25) is 5.41 Å². The highest BCUT2D eigenvalue weighted by molar-refractivity contribution is 7.11. The number of hydrogen-bond acceptors (Lipinski definition) is 5. The fourth-order valence-electron chi connectivity index (χ4n) is 3.64. The summed E-state index contributed by atoms with van der Waals surface area (Å²) in [5.41, 5.74) is 2.39. The fourth-order valence-corrected chi connectivity index (χ4v) is 4.66. The van der Waals surface area contributed by atoms with Crippen LogP contribution >= 0.6 is 22.9 Å². The molecule has 1 saturated heterocycles. The average molecular weight is 403 g/mol. The normalized spacial score (nSPS) is 18.6. The van der Waals surface area contributed by atoms with Crippen LogP contribution in [0.1, 0.15) is 24.3 Å². The Kier molecular flexibility index (Phi) is 5.48. The number of thiazole rings is 1. The topological polar surface area (TPSA) is 63.5 Å². The Balaban J connectivity index is 1.45. The minimum Gasteiger partial charge on any atom is -0.510 e. The van der Waals surface area contributed by atoms with Crippen molar-refractivity contribution in [1.82, 2.24) is 14.8 Å². The summed E-state index contributed by atoms with van der Waals surface area (Å²) < 4.78 is 0. The molecule has 0 aliphatic carbocycles. The third kappa shape index (κ3) is 4.03. The van der Waals surface area contributed by atoms with Gasteiger partial charge in [0.1, 0.15) is 16.6 Å². The highest BCUT2D eigenvalue weighted by atomic mass is 35.5. The van der Waals surface area contributed by atoms with Gasteiger partial charge in [0.25, 0.3) is 0 Å². The van der Waals surface area contributed by atoms with Crippen molar-refractivity contribution in [3.05, 3.63) is 45.4 Å². The number of nitrogens with zero attached hydrogens (tertiary/aromatic N) is 3. The molecule has 27 heavy (non-hydrogen) atoms. The van der Waals surface area contributed by atoms with Crippen LogP contribution in [0.4, 0.5) is 0 Å². The highest BCUT2D eigenvalue weighted by Crippen LogP contribution is 2.32. The predicted octanol–water partition coefficient (Wildman–Crippen LogP) is 4.51. The molecule has 4 rings (SSSR count). The zero-order chi connectivity index (χ0) is 18.8. The number of likely N-dealkylation sites (tertiary alicyclic amines) is 1. The van der Waals surface area contributed by atoms with Crippen molar-refractivity contribution in [1.29, 1.82) is 5.41 Å². The van der Waals surface area contributed by atoms with Gasteiger partial charge in [-0.25, -0.2) is 4.98 Å². The number of benzene rings is 1. The van der Waals surface area contributed by atoms with Crippen molar-refractivity contribution in [3.63, 3.8) is 0 Å². The molecular weight excluding hydrogens is 380 g/mol. The molecule has 0 saturated carbocycles. The van der Waals surface area contributed by atoms with Gasteiger partial charge < -0.3 is 14.9 Å². The molecule has 0 radical (unpaired) electrons. The van der Waals surface area contributed by atoms with Crippen LogP contribution in [0.15, 0.2) is 35.4 Å². The molecule has 2 aliphatic rings. The minimum atomic E-state index is 0.246. The van der Waals surface area contributed by atoms with Crippen molar-refractivity contribution < 1.29 is 5.11 Å². The van der Waals surface area contributed by atoms with Crippen LogP contribution in [0.25, 0.3) is 16.8 Å². The van der Waals surface area contributed by atoms with Crippen LogP contribution in [0, 0.1) is 5.41 Å². The van der Waals surface area contributed by atoms with E-state index in [9.17, 15) is 5.11 Å². The lowest BCUT2D eigenvalue weighted by Gasteiger charge is -2.29. The second-order valence-corrected chi connectivity index (χ2v) is 8.33. The van der Waals surface area contributed by atoms with E-state index in [1.807, 2.05) is 34.5 Å². The van der Waals surface area contributed by atoms with Crippen molar-refractivity contribution in [2.24, 2.45) is 0 Å². The van der Waals surface area contributed by atoms with Gasteiger partial charge in [0, 0.05) is 29.1 Å². The van der Waals surface area contributed by atoms with Crippen LogP contribution in [0.5, 0.6) is 0 Å². The number of hydrogen-bond donors (Lipinski definition) is 2. The van der Waals surface area contributed by atoms with Crippen LogP contribution < -0.4 is 0 Å². The molecular formula is C20H23ClN4OS. The molecule has 2 aromatic rings. The fraction of sp³-hybridized carbons (Fsp3) is 0.400. The monoisotopic (exact) mass is 402 g/mol. The number of nitrogens with one attached hydrogen (secondary N) is 1. The summed E-state index contributed by atoms with van der Waals surface area (Å²) in [6, 6.07) is 7.54. The maximum atomic E-state index is 10.5. The Hall–Kier alpha value is -1.89. The lowest BCUT2D eigenvalue weighted by Crippen LogP contribution is -2.38. The number of aliphatic hydroxyl groups excluding tert-OH is 1. The van der Waals surface area contributed by atoms with Crippen LogP contribution in [0.3, 0.4) is 0 Å². The van der Waals surface area contributed by atoms with E-state index < -0.39 is 0 Å². The van der Waals surface area contributed by atoms with E-state index in [1.54, 1.807) is 0 Å². The van der Waals surface area contributed by atoms with E-state index >= 15 is 0 Å². The summed E-state index contributed by atoms with van der Waals surface area (Å²) >= 11 is 7.41. The Morgan fingerprint density at radius 1 is 1.11 bits per heavy atom. The van der Waals surface area contributed by atoms with Gasteiger partial charge in [0.15, 0.2) is 0 Å². The third-order valence-corrected chi connectivity index (χ3v) is 6.29. The zero-order valence-corrected chi connectivity index (χ0v) is 16.7. The van der Waals surface area contributed by atoms with Crippen LogP contribution in [-0.4, -0.2) is 58.4 Å². The molecule has 142 valence electrons. The van der Waals surface area contributed by atoms with E-state index in [4.69, 9.17) is 17.0 Å². The lowest BCUT2D eigenvalue weighted by molar-refractivity contribution is 0.210. The summed E-state index contributed by atoms with van der Waals surface area (Å²) in [4.78, 5) is 9.06. The van der Waals surface area contributed by atoms with E-state index in [0.29, 0.717) is 28.0 Å². The van der Waals surface area contributed by atoms with Crippen molar-refractivity contribution in [2.75, 3.05) is 32.7 Å². The van der Waals surface area contributed by atoms with Gasteiger partial charge in [0.2, 0.25) is 0 Å². The third-order valence-electron chi connectivity index (χ3n) is 5.18. The van der Waals surface area contributed by atoms with Crippen molar-refractivity contribution >= 4 is 34.3 Å². The maximum absolute atomic E-state index is 10.5. The average Bonchev–Trinajstić information content (AvgIpc) is 3.26. The minimum absolute atomic E-state index is 0.246. The molecule has 1 aromatic heterocycles. The summed E-state index contributed by atoms with van der Waals surface area (Å²) in [5.74, 6) is 0.622. The molecule has 1 fully saturated rings. The second-order valence-electron chi connectivity index (χ2n) is 7.04. The van der Waals surface area contributed by atoms with E-state index in [1.165, 1.54) is 30.6 Å². The zero-order valence-electron chi connectivity index (χ0n) is 15.1. The summed E-state index contributed by atoms with van der Waals surface area (Å²) in [5, 5.41) is 22.3. The molecule has 0 bridgehead atoms. The van der Waals surface area contributed by atoms with E-state index in [-0.39, 0.29) is 5.76 Å². The smallest absolute Gasteiger partial charge is 0.135 e. The predicted molar refractivity (Wildman–Crippen MR) is 112 cm³/mol. The summed E-state index contributed by atoms with van der Waals surface area (Å²) in [7, 11) is 0. The molecule has 1 aromatic carbocycles. The van der Waals surface area contributed by atoms with Gasteiger partial charge in [0.05, 0.1) is 17.8 Å². The van der Waals surface area contributed by atoms with Crippen molar-refractivity contribution in [2.45, 2.75) is 19.3 Å². The Morgan fingerprint density at radius 3 is 2.59 bits per heavy atom. The largest absolute Gasteiger partial charge is 0.510 e. The molecule has 0 atom stereocenters. The maximum Gasteiger partial charge on any atom is 0.135 e. The van der Waals surface area contributed by atoms with Crippen LogP contribution in [-0.2, 0) is 0 Å². The molecule has 0 amide bonds. The molecule has 0 spiro atoms. The Labute approximate surface area is 168 Å². The standard InChI is InChI=1S/C20H23ClN4OS/c21-15-6-4-14(5-7-15)16-13-27-20(23-16)18-17(26)12-25(19(18)22)11-10-24-8-2-1-3-9-24/h4-7,13,22,26H,1-3,8-12H2. The first kappa shape index (κ1) is 18.5. The first-order valence-electron chi connectivity index (χ1n) is 9.32. The molecule has 5 nitrogen and oxygen atoms in total.